The number of halogens is 2. The van der Waals surface area contributed by atoms with Crippen LogP contribution in [-0.4, -0.2) is 57.8 Å². The van der Waals surface area contributed by atoms with Gasteiger partial charge in [0.2, 0.25) is 0 Å². The number of hydrogen-bond donors (Lipinski definition) is 0. The first-order valence-corrected chi connectivity index (χ1v) is 8.62. The summed E-state index contributed by atoms with van der Waals surface area (Å²) in [7, 11) is 3.49. The number of nitrogens with zero attached hydrogens (tertiary/aromatic N) is 5. The van der Waals surface area contributed by atoms with Gasteiger partial charge in [0.05, 0.1) is 6.54 Å². The van der Waals surface area contributed by atoms with Gasteiger partial charge in [0.25, 0.3) is 0 Å². The molecule has 0 saturated carbocycles. The molecule has 134 valence electrons. The van der Waals surface area contributed by atoms with Crippen LogP contribution in [0.25, 0.3) is 0 Å². The first kappa shape index (κ1) is 17.7. The van der Waals surface area contributed by atoms with E-state index < -0.39 is 0 Å². The maximum Gasteiger partial charge on any atom is 0.319 e. The number of rotatable bonds is 3. The third-order valence-electron chi connectivity index (χ3n) is 4.45. The number of carbonyl (C=O) groups is 1. The summed E-state index contributed by atoms with van der Waals surface area (Å²) < 4.78 is 15.7. The Kier molecular flexibility index (Phi) is 5.22. The number of amides is 2. The molecule has 1 saturated heterocycles. The van der Waals surface area contributed by atoms with Crippen LogP contribution in [0.3, 0.4) is 0 Å². The Morgan fingerprint density at radius 2 is 2.24 bits per heavy atom. The standard InChI is InChI=1S/C17H21ClFN5O/c1-22(2)17(25)23-8-4-5-12(9-23)16-20-11-21-24(16)10-13-14(18)6-3-7-15(13)19/h3,6-7,11-12H,4-5,8-10H2,1-2H3. The second-order valence-electron chi connectivity index (χ2n) is 6.44. The Morgan fingerprint density at radius 3 is 2.96 bits per heavy atom. The van der Waals surface area contributed by atoms with Gasteiger partial charge in [-0.1, -0.05) is 17.7 Å². The number of aromatic nitrogens is 3. The van der Waals surface area contributed by atoms with Crippen molar-refractivity contribution in [1.29, 1.82) is 0 Å². The van der Waals surface area contributed by atoms with E-state index in [9.17, 15) is 9.18 Å². The third kappa shape index (κ3) is 3.76. The molecule has 1 fully saturated rings. The Labute approximate surface area is 151 Å². The summed E-state index contributed by atoms with van der Waals surface area (Å²) in [6, 6.07) is 4.62. The second kappa shape index (κ2) is 7.39. The molecule has 1 aromatic heterocycles. The van der Waals surface area contributed by atoms with Crippen molar-refractivity contribution in [3.05, 3.63) is 46.8 Å². The molecule has 0 N–H and O–H groups in total. The van der Waals surface area contributed by atoms with E-state index in [-0.39, 0.29) is 24.3 Å². The number of urea groups is 1. The number of benzene rings is 1. The van der Waals surface area contributed by atoms with Crippen molar-refractivity contribution in [2.45, 2.75) is 25.3 Å². The van der Waals surface area contributed by atoms with E-state index in [2.05, 4.69) is 10.1 Å². The van der Waals surface area contributed by atoms with Crippen molar-refractivity contribution < 1.29 is 9.18 Å². The summed E-state index contributed by atoms with van der Waals surface area (Å²) in [5.74, 6) is 0.475. The normalized spacial score (nSPS) is 17.6. The van der Waals surface area contributed by atoms with E-state index in [0.717, 1.165) is 25.2 Å². The lowest BCUT2D eigenvalue weighted by Crippen LogP contribution is -2.44. The maximum atomic E-state index is 14.1. The van der Waals surface area contributed by atoms with Gasteiger partial charge in [-0.15, -0.1) is 0 Å². The van der Waals surface area contributed by atoms with Gasteiger partial charge in [0, 0.05) is 43.7 Å². The smallest absolute Gasteiger partial charge is 0.319 e. The van der Waals surface area contributed by atoms with Crippen LogP contribution >= 0.6 is 11.6 Å². The van der Waals surface area contributed by atoms with Crippen LogP contribution in [0.1, 0.15) is 30.1 Å². The molecule has 8 heteroatoms. The van der Waals surface area contributed by atoms with E-state index in [4.69, 9.17) is 11.6 Å². The number of hydrogen-bond acceptors (Lipinski definition) is 3. The first-order chi connectivity index (χ1) is 12.0. The Balaban J connectivity index is 1.81. The van der Waals surface area contributed by atoms with Crippen molar-refractivity contribution in [3.8, 4) is 0 Å². The van der Waals surface area contributed by atoms with E-state index in [1.54, 1.807) is 35.8 Å². The van der Waals surface area contributed by atoms with Gasteiger partial charge < -0.3 is 9.80 Å². The fourth-order valence-electron chi connectivity index (χ4n) is 3.19. The van der Waals surface area contributed by atoms with Crippen LogP contribution in [0.15, 0.2) is 24.5 Å². The summed E-state index contributed by atoms with van der Waals surface area (Å²) >= 11 is 6.12. The van der Waals surface area contributed by atoms with Gasteiger partial charge in [0.15, 0.2) is 0 Å². The molecular formula is C17H21ClFN5O. The summed E-state index contributed by atoms with van der Waals surface area (Å²) in [5, 5.41) is 4.61. The third-order valence-corrected chi connectivity index (χ3v) is 4.81. The fraction of sp³-hybridized carbons (Fsp3) is 0.471. The molecule has 25 heavy (non-hydrogen) atoms. The highest BCUT2D eigenvalue weighted by molar-refractivity contribution is 6.31. The minimum atomic E-state index is -0.359. The molecule has 2 heterocycles. The lowest BCUT2D eigenvalue weighted by atomic mass is 9.97. The SMILES string of the molecule is CN(C)C(=O)N1CCCC(c2ncnn2Cc2c(F)cccc2Cl)C1. The summed E-state index contributed by atoms with van der Waals surface area (Å²) in [5.41, 5.74) is 0.396. The minimum Gasteiger partial charge on any atom is -0.331 e. The topological polar surface area (TPSA) is 54.3 Å². The molecule has 1 atom stereocenters. The highest BCUT2D eigenvalue weighted by Crippen LogP contribution is 2.27. The molecule has 0 spiro atoms. The molecule has 1 aliphatic rings. The molecule has 3 rings (SSSR count). The van der Waals surface area contributed by atoms with E-state index in [1.165, 1.54) is 12.4 Å². The molecule has 2 aromatic rings. The zero-order valence-electron chi connectivity index (χ0n) is 14.3. The molecule has 6 nitrogen and oxygen atoms in total. The largest absolute Gasteiger partial charge is 0.331 e. The molecule has 1 unspecified atom stereocenters. The van der Waals surface area contributed by atoms with Gasteiger partial charge in [-0.3, -0.25) is 0 Å². The van der Waals surface area contributed by atoms with E-state index in [1.807, 2.05) is 4.90 Å². The highest BCUT2D eigenvalue weighted by Gasteiger charge is 2.28. The molecular weight excluding hydrogens is 345 g/mol. The zero-order chi connectivity index (χ0) is 18.0. The van der Waals surface area contributed by atoms with Crippen LogP contribution in [0.5, 0.6) is 0 Å². The van der Waals surface area contributed by atoms with Crippen LogP contribution in [0.2, 0.25) is 5.02 Å². The average Bonchev–Trinajstić information content (AvgIpc) is 3.06. The molecule has 2 amide bonds. The van der Waals surface area contributed by atoms with Gasteiger partial charge in [-0.2, -0.15) is 5.10 Å². The second-order valence-corrected chi connectivity index (χ2v) is 6.85. The molecule has 1 aliphatic heterocycles. The van der Waals surface area contributed by atoms with Crippen molar-refractivity contribution in [2.24, 2.45) is 0 Å². The Morgan fingerprint density at radius 1 is 1.44 bits per heavy atom. The van der Waals surface area contributed by atoms with Gasteiger partial charge in [0.1, 0.15) is 18.0 Å². The average molecular weight is 366 g/mol. The van der Waals surface area contributed by atoms with Crippen LogP contribution in [0, 0.1) is 5.82 Å². The summed E-state index contributed by atoms with van der Waals surface area (Å²) in [4.78, 5) is 20.0. The minimum absolute atomic E-state index is 0.00656. The van der Waals surface area contributed by atoms with Crippen LogP contribution < -0.4 is 0 Å². The van der Waals surface area contributed by atoms with Gasteiger partial charge >= 0.3 is 6.03 Å². The summed E-state index contributed by atoms with van der Waals surface area (Å²) in [6.45, 7) is 1.54. The number of likely N-dealkylation sites (tertiary alicyclic amines) is 1. The van der Waals surface area contributed by atoms with E-state index >= 15 is 0 Å². The monoisotopic (exact) mass is 365 g/mol. The predicted molar refractivity (Wildman–Crippen MR) is 93.2 cm³/mol. The maximum absolute atomic E-state index is 14.1. The number of carbonyl (C=O) groups excluding carboxylic acids is 1. The Hall–Kier alpha value is -2.15. The van der Waals surface area contributed by atoms with E-state index in [0.29, 0.717) is 17.1 Å². The molecule has 0 radical (unpaired) electrons. The molecule has 0 aliphatic carbocycles. The quantitative estimate of drug-likeness (QED) is 0.840. The predicted octanol–water partition coefficient (Wildman–Crippen LogP) is 2.98. The fourth-order valence-corrected chi connectivity index (χ4v) is 3.41. The van der Waals surface area contributed by atoms with Crippen LogP contribution in [0.4, 0.5) is 9.18 Å². The van der Waals surface area contributed by atoms with Gasteiger partial charge in [-0.25, -0.2) is 18.9 Å². The lowest BCUT2D eigenvalue weighted by molar-refractivity contribution is 0.153. The van der Waals surface area contributed by atoms with Crippen LogP contribution in [-0.2, 0) is 6.54 Å². The number of piperidine rings is 1. The zero-order valence-corrected chi connectivity index (χ0v) is 15.1. The van der Waals surface area contributed by atoms with Gasteiger partial charge in [-0.05, 0) is 25.0 Å². The summed E-state index contributed by atoms with van der Waals surface area (Å²) in [6.07, 6.45) is 3.29. The van der Waals surface area contributed by atoms with Crippen molar-refractivity contribution >= 4 is 17.6 Å². The lowest BCUT2D eigenvalue weighted by Gasteiger charge is -2.34. The van der Waals surface area contributed by atoms with Crippen molar-refractivity contribution in [1.82, 2.24) is 24.6 Å². The molecule has 0 bridgehead atoms. The first-order valence-electron chi connectivity index (χ1n) is 8.24. The van der Waals surface area contributed by atoms with Crippen molar-refractivity contribution in [3.63, 3.8) is 0 Å². The Bertz CT molecular complexity index is 743. The highest BCUT2D eigenvalue weighted by atomic mass is 35.5. The molecule has 1 aromatic carbocycles. The van der Waals surface area contributed by atoms with Crippen molar-refractivity contribution in [2.75, 3.05) is 27.2 Å².